The van der Waals surface area contributed by atoms with Crippen molar-refractivity contribution in [2.75, 3.05) is 7.05 Å². The molecule has 1 aromatic carbocycles. The summed E-state index contributed by atoms with van der Waals surface area (Å²) in [7, 11) is 1.59. The Morgan fingerprint density at radius 3 is 2.87 bits per heavy atom. The van der Waals surface area contributed by atoms with Gasteiger partial charge in [0.05, 0.1) is 5.52 Å². The van der Waals surface area contributed by atoms with E-state index in [1.165, 1.54) is 5.56 Å². The predicted octanol–water partition coefficient (Wildman–Crippen LogP) is 3.15. The molecule has 15 heavy (non-hydrogen) atoms. The zero-order valence-electron chi connectivity index (χ0n) is 8.78. The number of hydrogen-bond acceptors (Lipinski definition) is 3. The molecule has 2 N–H and O–H groups in total. The molecule has 0 unspecified atom stereocenters. The maximum Gasteiger partial charge on any atom is 0.218 e. The first-order valence-electron chi connectivity index (χ1n) is 4.89. The lowest BCUT2D eigenvalue weighted by Crippen LogP contribution is -1.77. The first-order chi connectivity index (χ1) is 7.26. The van der Waals surface area contributed by atoms with Crippen LogP contribution in [-0.2, 0) is 6.42 Å². The van der Waals surface area contributed by atoms with Crippen LogP contribution in [0.1, 0.15) is 12.5 Å². The Labute approximate surface area is 87.7 Å². The quantitative estimate of drug-likeness (QED) is 0.723. The number of benzene rings is 1. The van der Waals surface area contributed by atoms with E-state index in [4.69, 9.17) is 0 Å². The van der Waals surface area contributed by atoms with Gasteiger partial charge in [0.15, 0.2) is 5.69 Å². The number of aromatic amines is 1. The summed E-state index contributed by atoms with van der Waals surface area (Å²) in [4.78, 5) is 2.86. The molecule has 4 heteroatoms. The van der Waals surface area contributed by atoms with E-state index in [9.17, 15) is 5.11 Å². The standard InChI is InChI=1S/C11H13N3O/c1-3-7-4-5-9-8(6-7)10(14-12-2)11(15)13-9/h4-6,13,15H,3H2,1-2H3. The Morgan fingerprint density at radius 2 is 2.20 bits per heavy atom. The van der Waals surface area contributed by atoms with Crippen molar-refractivity contribution in [2.45, 2.75) is 13.3 Å². The topological polar surface area (TPSA) is 60.7 Å². The molecule has 2 aromatic rings. The van der Waals surface area contributed by atoms with E-state index in [0.29, 0.717) is 5.69 Å². The summed E-state index contributed by atoms with van der Waals surface area (Å²) in [6.45, 7) is 2.09. The molecule has 1 heterocycles. The van der Waals surface area contributed by atoms with E-state index in [1.54, 1.807) is 7.05 Å². The van der Waals surface area contributed by atoms with Gasteiger partial charge in [0.2, 0.25) is 5.88 Å². The zero-order chi connectivity index (χ0) is 10.8. The van der Waals surface area contributed by atoms with Crippen molar-refractivity contribution in [3.63, 3.8) is 0 Å². The van der Waals surface area contributed by atoms with Crippen LogP contribution in [0, 0.1) is 0 Å². The summed E-state index contributed by atoms with van der Waals surface area (Å²) in [6, 6.07) is 6.00. The van der Waals surface area contributed by atoms with Gasteiger partial charge in [0.1, 0.15) is 0 Å². The van der Waals surface area contributed by atoms with Gasteiger partial charge >= 0.3 is 0 Å². The number of nitrogens with zero attached hydrogens (tertiary/aromatic N) is 2. The minimum absolute atomic E-state index is 0.0730. The number of aryl methyl sites for hydroxylation is 1. The lowest BCUT2D eigenvalue weighted by molar-refractivity contribution is 0.459. The number of H-pyrrole nitrogens is 1. The second-order valence-corrected chi connectivity index (χ2v) is 3.36. The second kappa shape index (κ2) is 3.73. The molecule has 0 aliphatic rings. The van der Waals surface area contributed by atoms with Gasteiger partial charge in [-0.1, -0.05) is 13.0 Å². The Morgan fingerprint density at radius 1 is 1.40 bits per heavy atom. The minimum atomic E-state index is 0.0730. The Balaban J connectivity index is 2.71. The van der Waals surface area contributed by atoms with Crippen molar-refractivity contribution in [1.82, 2.24) is 4.98 Å². The molecule has 78 valence electrons. The van der Waals surface area contributed by atoms with Crippen LogP contribution in [0.15, 0.2) is 28.4 Å². The van der Waals surface area contributed by atoms with Gasteiger partial charge in [0, 0.05) is 12.4 Å². The van der Waals surface area contributed by atoms with E-state index in [-0.39, 0.29) is 5.88 Å². The summed E-state index contributed by atoms with van der Waals surface area (Å²) in [5, 5.41) is 18.1. The third-order valence-electron chi connectivity index (χ3n) is 2.42. The van der Waals surface area contributed by atoms with Crippen LogP contribution in [0.25, 0.3) is 10.9 Å². The summed E-state index contributed by atoms with van der Waals surface area (Å²) in [6.07, 6.45) is 0.963. The van der Waals surface area contributed by atoms with E-state index in [2.05, 4.69) is 22.1 Å². The molecule has 0 aliphatic heterocycles. The van der Waals surface area contributed by atoms with Crippen LogP contribution in [0.3, 0.4) is 0 Å². The molecular weight excluding hydrogens is 190 g/mol. The van der Waals surface area contributed by atoms with Gasteiger partial charge in [0.25, 0.3) is 0 Å². The van der Waals surface area contributed by atoms with Crippen LogP contribution in [0.2, 0.25) is 0 Å². The maximum atomic E-state index is 9.62. The number of nitrogens with one attached hydrogen (secondary N) is 1. The van der Waals surface area contributed by atoms with Crippen molar-refractivity contribution in [3.8, 4) is 5.88 Å². The average molecular weight is 203 g/mol. The number of fused-ring (bicyclic) bond motifs is 1. The fraction of sp³-hybridized carbons (Fsp3) is 0.273. The molecule has 0 saturated heterocycles. The molecule has 0 fully saturated rings. The molecular formula is C11H13N3O. The van der Waals surface area contributed by atoms with Crippen LogP contribution >= 0.6 is 0 Å². The lowest BCUT2D eigenvalue weighted by Gasteiger charge is -1.96. The number of rotatable bonds is 2. The fourth-order valence-electron chi connectivity index (χ4n) is 1.63. The van der Waals surface area contributed by atoms with Crippen molar-refractivity contribution in [2.24, 2.45) is 10.2 Å². The van der Waals surface area contributed by atoms with Crippen LogP contribution in [-0.4, -0.2) is 17.1 Å². The Kier molecular flexibility index (Phi) is 2.41. The highest BCUT2D eigenvalue weighted by Gasteiger charge is 2.09. The highest BCUT2D eigenvalue weighted by atomic mass is 16.3. The van der Waals surface area contributed by atoms with Crippen molar-refractivity contribution < 1.29 is 5.11 Å². The van der Waals surface area contributed by atoms with E-state index in [0.717, 1.165) is 17.3 Å². The fourth-order valence-corrected chi connectivity index (χ4v) is 1.63. The monoisotopic (exact) mass is 203 g/mol. The first kappa shape index (κ1) is 9.71. The van der Waals surface area contributed by atoms with Gasteiger partial charge < -0.3 is 10.1 Å². The van der Waals surface area contributed by atoms with Gasteiger partial charge in [-0.3, -0.25) is 0 Å². The second-order valence-electron chi connectivity index (χ2n) is 3.36. The molecule has 0 aliphatic carbocycles. The lowest BCUT2D eigenvalue weighted by atomic mass is 10.1. The molecule has 4 nitrogen and oxygen atoms in total. The summed E-state index contributed by atoms with van der Waals surface area (Å²) in [5.41, 5.74) is 2.61. The number of hydrogen-bond donors (Lipinski definition) is 2. The van der Waals surface area contributed by atoms with E-state index in [1.807, 2.05) is 18.2 Å². The van der Waals surface area contributed by atoms with Gasteiger partial charge in [-0.15, -0.1) is 5.11 Å². The molecule has 0 amide bonds. The van der Waals surface area contributed by atoms with Gasteiger partial charge in [-0.05, 0) is 24.1 Å². The summed E-state index contributed by atoms with van der Waals surface area (Å²) in [5.74, 6) is 0.0730. The summed E-state index contributed by atoms with van der Waals surface area (Å²) < 4.78 is 0. The van der Waals surface area contributed by atoms with Crippen LogP contribution < -0.4 is 0 Å². The molecule has 0 atom stereocenters. The maximum absolute atomic E-state index is 9.62. The van der Waals surface area contributed by atoms with Gasteiger partial charge in [-0.25, -0.2) is 0 Å². The van der Waals surface area contributed by atoms with Gasteiger partial charge in [-0.2, -0.15) is 5.11 Å². The third-order valence-corrected chi connectivity index (χ3v) is 2.42. The predicted molar refractivity (Wildman–Crippen MR) is 59.8 cm³/mol. The van der Waals surface area contributed by atoms with E-state index < -0.39 is 0 Å². The minimum Gasteiger partial charge on any atom is -0.493 e. The Bertz CT molecular complexity index is 514. The first-order valence-corrected chi connectivity index (χ1v) is 4.89. The van der Waals surface area contributed by atoms with Crippen LogP contribution in [0.4, 0.5) is 5.69 Å². The normalized spacial score (nSPS) is 11.6. The number of aromatic nitrogens is 1. The molecule has 2 rings (SSSR count). The number of azo groups is 1. The molecule has 1 aromatic heterocycles. The molecule has 0 saturated carbocycles. The van der Waals surface area contributed by atoms with Crippen molar-refractivity contribution >= 4 is 16.6 Å². The molecule has 0 bridgehead atoms. The van der Waals surface area contributed by atoms with E-state index >= 15 is 0 Å². The highest BCUT2D eigenvalue weighted by Crippen LogP contribution is 2.35. The smallest absolute Gasteiger partial charge is 0.218 e. The largest absolute Gasteiger partial charge is 0.493 e. The third kappa shape index (κ3) is 1.58. The molecule has 0 spiro atoms. The van der Waals surface area contributed by atoms with Crippen molar-refractivity contribution in [1.29, 1.82) is 0 Å². The van der Waals surface area contributed by atoms with Crippen LogP contribution in [0.5, 0.6) is 5.88 Å². The molecule has 0 radical (unpaired) electrons. The highest BCUT2D eigenvalue weighted by molar-refractivity contribution is 5.94. The SMILES string of the molecule is CCc1ccc2[nH]c(O)c(N=NC)c2c1. The zero-order valence-corrected chi connectivity index (χ0v) is 8.78. The number of aromatic hydroxyl groups is 1. The van der Waals surface area contributed by atoms with Crippen molar-refractivity contribution in [3.05, 3.63) is 23.8 Å². The Hall–Kier alpha value is -1.84. The average Bonchev–Trinajstić information content (AvgIpc) is 2.55. The summed E-state index contributed by atoms with van der Waals surface area (Å²) >= 11 is 0.